The monoisotopic (exact) mass is 430 g/mol. The molecule has 3 rings (SSSR count). The van der Waals surface area contributed by atoms with Gasteiger partial charge < -0.3 is 14.6 Å². The number of nitro benzene ring substituents is 1. The molecule has 0 aliphatic rings. The molecule has 9 nitrogen and oxygen atoms in total. The molecule has 1 aromatic heterocycles. The van der Waals surface area contributed by atoms with Gasteiger partial charge in [-0.2, -0.15) is 5.26 Å². The highest BCUT2D eigenvalue weighted by Gasteiger charge is 2.18. The third-order valence-electron chi connectivity index (χ3n) is 4.44. The minimum absolute atomic E-state index is 0.119. The van der Waals surface area contributed by atoms with Gasteiger partial charge in [0.1, 0.15) is 23.2 Å². The normalized spacial score (nSPS) is 10.8. The van der Waals surface area contributed by atoms with Crippen molar-refractivity contribution in [1.82, 2.24) is 4.90 Å². The number of carbonyl (C=O) groups is 2. The summed E-state index contributed by atoms with van der Waals surface area (Å²) in [6.07, 6.45) is 1.25. The second-order valence-electron chi connectivity index (χ2n) is 6.88. The molecule has 0 fully saturated rings. The van der Waals surface area contributed by atoms with Gasteiger partial charge in [0, 0.05) is 37.5 Å². The topological polar surface area (TPSA) is 129 Å². The third kappa shape index (κ3) is 4.88. The van der Waals surface area contributed by atoms with Gasteiger partial charge in [0.15, 0.2) is 0 Å². The number of nitro groups is 1. The molecule has 0 bridgehead atoms. The first kappa shape index (κ1) is 22.0. The molecule has 0 saturated heterocycles. The number of nitriles is 1. The van der Waals surface area contributed by atoms with Crippen molar-refractivity contribution < 1.29 is 18.9 Å². The summed E-state index contributed by atoms with van der Waals surface area (Å²) in [5.41, 5.74) is 0.815. The zero-order chi connectivity index (χ0) is 23.3. The quantitative estimate of drug-likeness (QED) is 0.271. The Labute approximate surface area is 183 Å². The summed E-state index contributed by atoms with van der Waals surface area (Å²) in [6.45, 7) is 0. The van der Waals surface area contributed by atoms with Gasteiger partial charge in [-0.1, -0.05) is 12.1 Å². The molecule has 0 spiro atoms. The lowest BCUT2D eigenvalue weighted by Gasteiger charge is -2.10. The first-order chi connectivity index (χ1) is 15.3. The molecule has 0 atom stereocenters. The first-order valence-electron chi connectivity index (χ1n) is 9.38. The first-order valence-corrected chi connectivity index (χ1v) is 9.38. The molecule has 9 heteroatoms. The van der Waals surface area contributed by atoms with E-state index in [1.807, 2.05) is 6.07 Å². The van der Waals surface area contributed by atoms with Crippen molar-refractivity contribution in [2.75, 3.05) is 19.4 Å². The van der Waals surface area contributed by atoms with Crippen LogP contribution in [0.3, 0.4) is 0 Å². The number of furan rings is 1. The van der Waals surface area contributed by atoms with E-state index in [1.165, 1.54) is 29.2 Å². The van der Waals surface area contributed by atoms with E-state index in [-0.39, 0.29) is 34.3 Å². The van der Waals surface area contributed by atoms with E-state index in [2.05, 4.69) is 5.32 Å². The SMILES string of the molecule is CN(C)C(=O)c1ccc(NC(=O)/C(C#N)=C/c2ccc(-c3ccccc3[N+](=O)[O-])o2)cc1. The van der Waals surface area contributed by atoms with Crippen LogP contribution >= 0.6 is 0 Å². The van der Waals surface area contributed by atoms with E-state index >= 15 is 0 Å². The molecule has 2 aromatic carbocycles. The van der Waals surface area contributed by atoms with Crippen LogP contribution in [0.2, 0.25) is 0 Å². The number of para-hydroxylation sites is 1. The minimum atomic E-state index is -0.664. The van der Waals surface area contributed by atoms with Gasteiger partial charge in [0.05, 0.1) is 10.5 Å². The van der Waals surface area contributed by atoms with Gasteiger partial charge in [0.25, 0.3) is 17.5 Å². The van der Waals surface area contributed by atoms with Crippen molar-refractivity contribution in [1.29, 1.82) is 5.26 Å². The summed E-state index contributed by atoms with van der Waals surface area (Å²) in [7, 11) is 3.27. The van der Waals surface area contributed by atoms with Crippen molar-refractivity contribution in [3.63, 3.8) is 0 Å². The Bertz CT molecular complexity index is 1250. The van der Waals surface area contributed by atoms with Crippen molar-refractivity contribution in [3.8, 4) is 17.4 Å². The van der Waals surface area contributed by atoms with Gasteiger partial charge in [-0.15, -0.1) is 0 Å². The predicted octanol–water partition coefficient (Wildman–Crippen LogP) is 4.10. The molecule has 160 valence electrons. The van der Waals surface area contributed by atoms with Gasteiger partial charge in [-0.05, 0) is 42.5 Å². The maximum Gasteiger partial charge on any atom is 0.280 e. The molecule has 2 amide bonds. The van der Waals surface area contributed by atoms with Gasteiger partial charge in [-0.25, -0.2) is 0 Å². The molecule has 0 radical (unpaired) electrons. The van der Waals surface area contributed by atoms with Crippen LogP contribution < -0.4 is 5.32 Å². The highest BCUT2D eigenvalue weighted by Crippen LogP contribution is 2.31. The number of rotatable bonds is 6. The lowest BCUT2D eigenvalue weighted by atomic mass is 10.1. The lowest BCUT2D eigenvalue weighted by molar-refractivity contribution is -0.384. The van der Waals surface area contributed by atoms with Crippen LogP contribution in [0.5, 0.6) is 0 Å². The number of benzene rings is 2. The largest absolute Gasteiger partial charge is 0.456 e. The molecule has 1 heterocycles. The van der Waals surface area contributed by atoms with Crippen molar-refractivity contribution in [2.24, 2.45) is 0 Å². The van der Waals surface area contributed by atoms with E-state index in [0.29, 0.717) is 11.3 Å². The van der Waals surface area contributed by atoms with Gasteiger partial charge in [-0.3, -0.25) is 19.7 Å². The number of hydrogen-bond acceptors (Lipinski definition) is 6. The summed E-state index contributed by atoms with van der Waals surface area (Å²) in [5, 5.41) is 23.2. The van der Waals surface area contributed by atoms with Crippen LogP contribution in [0.15, 0.2) is 70.7 Å². The summed E-state index contributed by atoms with van der Waals surface area (Å²) in [5.74, 6) is -0.408. The van der Waals surface area contributed by atoms with Crippen LogP contribution in [0.1, 0.15) is 16.1 Å². The number of carbonyl (C=O) groups excluding carboxylic acids is 2. The van der Waals surface area contributed by atoms with Crippen LogP contribution in [0.4, 0.5) is 11.4 Å². The fourth-order valence-electron chi connectivity index (χ4n) is 2.86. The summed E-state index contributed by atoms with van der Waals surface area (Å²) >= 11 is 0. The highest BCUT2D eigenvalue weighted by molar-refractivity contribution is 6.09. The Hall–Kier alpha value is -4.71. The Balaban J connectivity index is 1.78. The number of amides is 2. The van der Waals surface area contributed by atoms with Crippen molar-refractivity contribution in [2.45, 2.75) is 0 Å². The smallest absolute Gasteiger partial charge is 0.280 e. The Morgan fingerprint density at radius 1 is 1.09 bits per heavy atom. The van der Waals surface area contributed by atoms with E-state index in [4.69, 9.17) is 4.42 Å². The Morgan fingerprint density at radius 2 is 1.78 bits per heavy atom. The summed E-state index contributed by atoms with van der Waals surface area (Å²) in [6, 6.07) is 17.2. The average molecular weight is 430 g/mol. The molecule has 32 heavy (non-hydrogen) atoms. The van der Waals surface area contributed by atoms with Crippen LogP contribution in [-0.4, -0.2) is 35.7 Å². The summed E-state index contributed by atoms with van der Waals surface area (Å²) < 4.78 is 5.60. The van der Waals surface area contributed by atoms with E-state index in [0.717, 1.165) is 0 Å². The van der Waals surface area contributed by atoms with E-state index in [9.17, 15) is 25.0 Å². The standard InChI is InChI=1S/C23H18N4O5/c1-26(2)23(29)15-7-9-17(10-8-15)25-22(28)16(14-24)13-18-11-12-21(32-18)19-5-3-4-6-20(19)27(30)31/h3-13H,1-2H3,(H,25,28)/b16-13+. The van der Waals surface area contributed by atoms with Crippen molar-refractivity contribution >= 4 is 29.3 Å². The van der Waals surface area contributed by atoms with E-state index < -0.39 is 10.8 Å². The molecule has 0 aliphatic carbocycles. The van der Waals surface area contributed by atoms with Gasteiger partial charge >= 0.3 is 0 Å². The Kier molecular flexibility index (Phi) is 6.46. The second kappa shape index (κ2) is 9.40. The van der Waals surface area contributed by atoms with Gasteiger partial charge in [0.2, 0.25) is 0 Å². The third-order valence-corrected chi connectivity index (χ3v) is 4.44. The number of anilines is 1. The molecular weight excluding hydrogens is 412 g/mol. The lowest BCUT2D eigenvalue weighted by Crippen LogP contribution is -2.21. The second-order valence-corrected chi connectivity index (χ2v) is 6.88. The number of hydrogen-bond donors (Lipinski definition) is 1. The fraction of sp³-hybridized carbons (Fsp3) is 0.0870. The maximum absolute atomic E-state index is 12.5. The molecule has 3 aromatic rings. The number of nitrogens with one attached hydrogen (secondary N) is 1. The minimum Gasteiger partial charge on any atom is -0.456 e. The summed E-state index contributed by atoms with van der Waals surface area (Å²) in [4.78, 5) is 36.6. The number of nitrogens with zero attached hydrogens (tertiary/aromatic N) is 3. The average Bonchev–Trinajstić information content (AvgIpc) is 3.25. The van der Waals surface area contributed by atoms with Crippen LogP contribution in [0.25, 0.3) is 17.4 Å². The molecule has 0 aliphatic heterocycles. The van der Waals surface area contributed by atoms with Crippen molar-refractivity contribution in [3.05, 3.63) is 87.7 Å². The molecule has 0 saturated carbocycles. The molecular formula is C23H18N4O5. The fourth-order valence-corrected chi connectivity index (χ4v) is 2.86. The van der Waals surface area contributed by atoms with Crippen LogP contribution in [-0.2, 0) is 4.79 Å². The highest BCUT2D eigenvalue weighted by atomic mass is 16.6. The zero-order valence-electron chi connectivity index (χ0n) is 17.2. The maximum atomic E-state index is 12.5. The molecule has 0 unspecified atom stereocenters. The van der Waals surface area contributed by atoms with Crippen LogP contribution in [0, 0.1) is 21.4 Å². The Morgan fingerprint density at radius 3 is 2.41 bits per heavy atom. The molecule has 1 N–H and O–H groups in total. The zero-order valence-corrected chi connectivity index (χ0v) is 17.2. The predicted molar refractivity (Wildman–Crippen MR) is 117 cm³/mol. The van der Waals surface area contributed by atoms with E-state index in [1.54, 1.807) is 56.6 Å².